The van der Waals surface area contributed by atoms with Crippen molar-refractivity contribution in [2.75, 3.05) is 25.0 Å². The standard InChI is InChI=1S/C18H25N3O4S/c1-4-21(5-2)26(23,24)16-9-6-8-15(12-16)20-18(22)13-19-14(3)17-10-7-11-25-17/h6-12,14,19H,4-5,13H2,1-3H3,(H,20,22)/t14-/m1/s1. The zero-order valence-corrected chi connectivity index (χ0v) is 16.0. The van der Waals surface area contributed by atoms with Gasteiger partial charge in [-0.1, -0.05) is 19.9 Å². The first-order chi connectivity index (χ1) is 12.4. The van der Waals surface area contributed by atoms with Crippen molar-refractivity contribution in [1.29, 1.82) is 0 Å². The van der Waals surface area contributed by atoms with Gasteiger partial charge in [0.15, 0.2) is 0 Å². The summed E-state index contributed by atoms with van der Waals surface area (Å²) in [6.07, 6.45) is 1.58. The molecule has 2 aromatic rings. The highest BCUT2D eigenvalue weighted by Gasteiger charge is 2.21. The Hall–Kier alpha value is -2.16. The van der Waals surface area contributed by atoms with E-state index in [1.54, 1.807) is 38.3 Å². The predicted molar refractivity (Wildman–Crippen MR) is 100 cm³/mol. The molecule has 0 aliphatic rings. The number of carbonyl (C=O) groups excluding carboxylic acids is 1. The Bertz CT molecular complexity index is 815. The smallest absolute Gasteiger partial charge is 0.243 e. The molecule has 7 nitrogen and oxygen atoms in total. The molecular weight excluding hydrogens is 354 g/mol. The molecule has 142 valence electrons. The number of sulfonamides is 1. The van der Waals surface area contributed by atoms with Crippen LogP contribution in [0.15, 0.2) is 52.0 Å². The Morgan fingerprint density at radius 2 is 1.92 bits per heavy atom. The summed E-state index contributed by atoms with van der Waals surface area (Å²) in [5.41, 5.74) is 0.440. The number of benzene rings is 1. The van der Waals surface area contributed by atoms with Crippen molar-refractivity contribution in [3.05, 3.63) is 48.4 Å². The molecule has 0 spiro atoms. The topological polar surface area (TPSA) is 91.7 Å². The van der Waals surface area contributed by atoms with E-state index in [2.05, 4.69) is 10.6 Å². The molecule has 1 amide bonds. The number of carbonyl (C=O) groups is 1. The summed E-state index contributed by atoms with van der Waals surface area (Å²) in [6, 6.07) is 9.79. The zero-order valence-electron chi connectivity index (χ0n) is 15.2. The van der Waals surface area contributed by atoms with Crippen LogP contribution < -0.4 is 10.6 Å². The Labute approximate surface area is 154 Å². The molecule has 8 heteroatoms. The maximum atomic E-state index is 12.6. The summed E-state index contributed by atoms with van der Waals surface area (Å²) in [4.78, 5) is 12.3. The number of hydrogen-bond donors (Lipinski definition) is 2. The third kappa shape index (κ3) is 4.94. The van der Waals surface area contributed by atoms with E-state index in [-0.39, 0.29) is 23.4 Å². The number of nitrogens with zero attached hydrogens (tertiary/aromatic N) is 1. The molecular formula is C18H25N3O4S. The van der Waals surface area contributed by atoms with Crippen molar-refractivity contribution in [3.63, 3.8) is 0 Å². The second kappa shape index (κ2) is 8.98. The lowest BCUT2D eigenvalue weighted by molar-refractivity contribution is -0.115. The maximum Gasteiger partial charge on any atom is 0.243 e. The van der Waals surface area contributed by atoms with Gasteiger partial charge in [-0.15, -0.1) is 0 Å². The molecule has 0 bridgehead atoms. The Balaban J connectivity index is 2.00. The number of furan rings is 1. The lowest BCUT2D eigenvalue weighted by Crippen LogP contribution is -2.31. The molecule has 0 fully saturated rings. The van der Waals surface area contributed by atoms with Crippen LogP contribution in [-0.4, -0.2) is 38.3 Å². The summed E-state index contributed by atoms with van der Waals surface area (Å²) >= 11 is 0. The fourth-order valence-corrected chi connectivity index (χ4v) is 4.04. The highest BCUT2D eigenvalue weighted by molar-refractivity contribution is 7.89. The largest absolute Gasteiger partial charge is 0.468 e. The van der Waals surface area contributed by atoms with Crippen LogP contribution in [-0.2, 0) is 14.8 Å². The van der Waals surface area contributed by atoms with E-state index in [9.17, 15) is 13.2 Å². The summed E-state index contributed by atoms with van der Waals surface area (Å²) in [5.74, 6) is 0.478. The Kier molecular flexibility index (Phi) is 6.96. The minimum atomic E-state index is -3.56. The second-order valence-electron chi connectivity index (χ2n) is 5.78. The normalized spacial score (nSPS) is 12.9. The third-order valence-corrected chi connectivity index (χ3v) is 6.05. The first-order valence-corrected chi connectivity index (χ1v) is 9.99. The molecule has 0 aliphatic heterocycles. The molecule has 0 aliphatic carbocycles. The predicted octanol–water partition coefficient (Wildman–Crippen LogP) is 2.60. The van der Waals surface area contributed by atoms with E-state index in [4.69, 9.17) is 4.42 Å². The van der Waals surface area contributed by atoms with Gasteiger partial charge in [0.1, 0.15) is 5.76 Å². The highest BCUT2D eigenvalue weighted by atomic mass is 32.2. The van der Waals surface area contributed by atoms with Gasteiger partial charge in [-0.05, 0) is 37.3 Å². The number of nitrogens with one attached hydrogen (secondary N) is 2. The molecule has 0 saturated heterocycles. The van der Waals surface area contributed by atoms with E-state index < -0.39 is 10.0 Å². The Morgan fingerprint density at radius 3 is 2.54 bits per heavy atom. The van der Waals surface area contributed by atoms with Gasteiger partial charge >= 0.3 is 0 Å². The average molecular weight is 379 g/mol. The van der Waals surface area contributed by atoms with Crippen molar-refractivity contribution in [3.8, 4) is 0 Å². The SMILES string of the molecule is CCN(CC)S(=O)(=O)c1cccc(NC(=O)CN[C@H](C)c2ccco2)c1. The quantitative estimate of drug-likeness (QED) is 0.699. The number of amides is 1. The van der Waals surface area contributed by atoms with Gasteiger partial charge in [0.25, 0.3) is 0 Å². The van der Waals surface area contributed by atoms with Crippen molar-refractivity contribution in [2.24, 2.45) is 0 Å². The van der Waals surface area contributed by atoms with Crippen LogP contribution in [0.1, 0.15) is 32.6 Å². The van der Waals surface area contributed by atoms with Crippen LogP contribution in [0.2, 0.25) is 0 Å². The van der Waals surface area contributed by atoms with Gasteiger partial charge in [-0.25, -0.2) is 8.42 Å². The number of rotatable bonds is 9. The van der Waals surface area contributed by atoms with Gasteiger partial charge in [0.2, 0.25) is 15.9 Å². The molecule has 0 saturated carbocycles. The fraction of sp³-hybridized carbons (Fsp3) is 0.389. The molecule has 0 unspecified atom stereocenters. The molecule has 26 heavy (non-hydrogen) atoms. The summed E-state index contributed by atoms with van der Waals surface area (Å²) in [6.45, 7) is 6.34. The van der Waals surface area contributed by atoms with Crippen molar-refractivity contribution in [1.82, 2.24) is 9.62 Å². The van der Waals surface area contributed by atoms with Crippen LogP contribution in [0, 0.1) is 0 Å². The summed E-state index contributed by atoms with van der Waals surface area (Å²) in [7, 11) is -3.56. The van der Waals surface area contributed by atoms with Crippen LogP contribution in [0.5, 0.6) is 0 Å². The van der Waals surface area contributed by atoms with E-state index in [0.717, 1.165) is 5.76 Å². The van der Waals surface area contributed by atoms with Crippen LogP contribution in [0.25, 0.3) is 0 Å². The maximum absolute atomic E-state index is 12.6. The molecule has 2 rings (SSSR count). The van der Waals surface area contributed by atoms with Gasteiger partial charge in [-0.3, -0.25) is 10.1 Å². The fourth-order valence-electron chi connectivity index (χ4n) is 2.54. The van der Waals surface area contributed by atoms with E-state index >= 15 is 0 Å². The second-order valence-corrected chi connectivity index (χ2v) is 7.72. The van der Waals surface area contributed by atoms with Gasteiger partial charge in [0, 0.05) is 18.8 Å². The van der Waals surface area contributed by atoms with Gasteiger partial charge < -0.3 is 9.73 Å². The molecule has 2 N–H and O–H groups in total. The first kappa shape index (κ1) is 20.2. The van der Waals surface area contributed by atoms with E-state index in [1.165, 1.54) is 16.4 Å². The lowest BCUT2D eigenvalue weighted by atomic mass is 10.2. The number of hydrogen-bond acceptors (Lipinski definition) is 5. The minimum absolute atomic E-state index is 0.0783. The zero-order chi connectivity index (χ0) is 19.2. The van der Waals surface area contributed by atoms with Crippen molar-refractivity contribution >= 4 is 21.6 Å². The van der Waals surface area contributed by atoms with Crippen molar-refractivity contribution in [2.45, 2.75) is 31.7 Å². The van der Waals surface area contributed by atoms with Crippen LogP contribution in [0.3, 0.4) is 0 Å². The minimum Gasteiger partial charge on any atom is -0.468 e. The number of anilines is 1. The Morgan fingerprint density at radius 1 is 1.19 bits per heavy atom. The molecule has 1 aromatic heterocycles. The third-order valence-electron chi connectivity index (χ3n) is 4.00. The van der Waals surface area contributed by atoms with Crippen LogP contribution in [0.4, 0.5) is 5.69 Å². The monoisotopic (exact) mass is 379 g/mol. The van der Waals surface area contributed by atoms with Crippen LogP contribution >= 0.6 is 0 Å². The summed E-state index contributed by atoms with van der Waals surface area (Å²) < 4.78 is 31.8. The average Bonchev–Trinajstić information content (AvgIpc) is 3.15. The van der Waals surface area contributed by atoms with Gasteiger partial charge in [-0.2, -0.15) is 4.31 Å². The lowest BCUT2D eigenvalue weighted by Gasteiger charge is -2.19. The summed E-state index contributed by atoms with van der Waals surface area (Å²) in [5, 5.41) is 5.77. The van der Waals surface area contributed by atoms with Crippen molar-refractivity contribution < 1.29 is 17.6 Å². The van der Waals surface area contributed by atoms with Gasteiger partial charge in [0.05, 0.1) is 23.7 Å². The molecule has 1 atom stereocenters. The molecule has 1 heterocycles. The molecule has 0 radical (unpaired) electrons. The first-order valence-electron chi connectivity index (χ1n) is 8.55. The van der Waals surface area contributed by atoms with E-state index in [1.807, 2.05) is 13.0 Å². The highest BCUT2D eigenvalue weighted by Crippen LogP contribution is 2.19. The van der Waals surface area contributed by atoms with E-state index in [0.29, 0.717) is 18.8 Å². The molecule has 1 aromatic carbocycles.